The molecule has 0 bridgehead atoms. The lowest BCUT2D eigenvalue weighted by molar-refractivity contribution is -0.119. The number of ether oxygens (including phenoxy) is 1. The van der Waals surface area contributed by atoms with Gasteiger partial charge in [0, 0.05) is 38.0 Å². The van der Waals surface area contributed by atoms with Crippen LogP contribution in [-0.4, -0.2) is 55.1 Å². The number of nitrogens with one attached hydrogen (secondary N) is 1. The molecule has 2 unspecified atom stereocenters. The molecule has 170 valence electrons. The largest absolute Gasteiger partial charge is 0.405 e. The predicted molar refractivity (Wildman–Crippen MR) is 118 cm³/mol. The molecule has 0 spiro atoms. The van der Waals surface area contributed by atoms with Crippen LogP contribution in [-0.2, 0) is 16.7 Å². The fourth-order valence-electron chi connectivity index (χ4n) is 4.20. The first-order chi connectivity index (χ1) is 14.4. The standard InChI is InChI=1S/C20H27ClF3N5OSi/c1-6-30-18(31(3,4)5)19(9-13-10-25-16(21)7-14(13)28-19)15-8-17(27-12-26-15)29(2)11-20(22,23)24/h7-8,10,12,18,28H,6,9,11H2,1-5H3. The molecule has 3 heterocycles. The summed E-state index contributed by atoms with van der Waals surface area (Å²) in [6.45, 7) is 7.92. The normalized spacial score (nSPS) is 19.6. The van der Waals surface area contributed by atoms with Crippen LogP contribution in [0.15, 0.2) is 24.7 Å². The van der Waals surface area contributed by atoms with Crippen molar-refractivity contribution >= 4 is 31.2 Å². The van der Waals surface area contributed by atoms with Gasteiger partial charge in [-0.1, -0.05) is 31.2 Å². The van der Waals surface area contributed by atoms with E-state index in [0.717, 1.165) is 16.2 Å². The van der Waals surface area contributed by atoms with Crippen LogP contribution in [0.4, 0.5) is 24.7 Å². The van der Waals surface area contributed by atoms with Gasteiger partial charge in [0.15, 0.2) is 0 Å². The molecule has 0 saturated heterocycles. The number of halogens is 4. The van der Waals surface area contributed by atoms with Crippen molar-refractivity contribution in [3.05, 3.63) is 41.1 Å². The minimum atomic E-state index is -4.34. The minimum Gasteiger partial charge on any atom is -0.379 e. The van der Waals surface area contributed by atoms with Crippen molar-refractivity contribution in [2.75, 3.05) is 30.4 Å². The summed E-state index contributed by atoms with van der Waals surface area (Å²) in [5, 5.41) is 3.92. The smallest absolute Gasteiger partial charge is 0.379 e. The van der Waals surface area contributed by atoms with E-state index < -0.39 is 26.3 Å². The molecule has 0 amide bonds. The van der Waals surface area contributed by atoms with Crippen LogP contribution < -0.4 is 10.2 Å². The maximum atomic E-state index is 12.9. The molecule has 2 atom stereocenters. The summed E-state index contributed by atoms with van der Waals surface area (Å²) in [5.74, 6) is 0.196. The number of nitrogens with zero attached hydrogens (tertiary/aromatic N) is 4. The van der Waals surface area contributed by atoms with Gasteiger partial charge in [-0.3, -0.25) is 0 Å². The van der Waals surface area contributed by atoms with E-state index in [1.54, 1.807) is 18.3 Å². The van der Waals surface area contributed by atoms with Gasteiger partial charge in [-0.2, -0.15) is 13.2 Å². The topological polar surface area (TPSA) is 63.2 Å². The summed E-state index contributed by atoms with van der Waals surface area (Å²) in [6.07, 6.45) is -0.783. The lowest BCUT2D eigenvalue weighted by Crippen LogP contribution is -2.58. The number of aromatic nitrogens is 3. The molecule has 31 heavy (non-hydrogen) atoms. The molecule has 0 aliphatic carbocycles. The first-order valence-electron chi connectivity index (χ1n) is 10.0. The highest BCUT2D eigenvalue weighted by molar-refractivity contribution is 6.77. The van der Waals surface area contributed by atoms with Gasteiger partial charge in [0.2, 0.25) is 0 Å². The second-order valence-corrected chi connectivity index (χ2v) is 14.5. The van der Waals surface area contributed by atoms with Gasteiger partial charge in [0.25, 0.3) is 0 Å². The fraction of sp³-hybridized carbons (Fsp3) is 0.550. The van der Waals surface area contributed by atoms with Crippen LogP contribution in [0, 0.1) is 0 Å². The summed E-state index contributed by atoms with van der Waals surface area (Å²) in [7, 11) is -0.589. The average Bonchev–Trinajstić information content (AvgIpc) is 3.03. The first kappa shape index (κ1) is 23.7. The van der Waals surface area contributed by atoms with Crippen molar-refractivity contribution in [1.82, 2.24) is 15.0 Å². The number of fused-ring (bicyclic) bond motifs is 1. The highest BCUT2D eigenvalue weighted by atomic mass is 35.5. The van der Waals surface area contributed by atoms with Crippen molar-refractivity contribution < 1.29 is 17.9 Å². The van der Waals surface area contributed by atoms with Gasteiger partial charge in [-0.15, -0.1) is 0 Å². The van der Waals surface area contributed by atoms with Crippen LogP contribution in [0.3, 0.4) is 0 Å². The number of anilines is 2. The zero-order chi connectivity index (χ0) is 23.0. The van der Waals surface area contributed by atoms with Gasteiger partial charge in [0.1, 0.15) is 29.4 Å². The number of hydrogen-bond donors (Lipinski definition) is 1. The molecule has 2 aromatic heterocycles. The average molecular weight is 474 g/mol. The second kappa shape index (κ2) is 8.55. The maximum Gasteiger partial charge on any atom is 0.405 e. The number of hydrogen-bond acceptors (Lipinski definition) is 6. The molecule has 11 heteroatoms. The monoisotopic (exact) mass is 473 g/mol. The SMILES string of the molecule is CCOC(C1(c2cc(N(C)CC(F)(F)F)ncn2)Cc2cnc(Cl)cc2N1)[Si](C)(C)C. The summed E-state index contributed by atoms with van der Waals surface area (Å²) >= 11 is 6.11. The summed E-state index contributed by atoms with van der Waals surface area (Å²) in [5.41, 5.74) is 1.38. The molecule has 1 N–H and O–H groups in total. The fourth-order valence-corrected chi connectivity index (χ4v) is 6.82. The van der Waals surface area contributed by atoms with E-state index in [9.17, 15) is 13.2 Å². The van der Waals surface area contributed by atoms with Crippen LogP contribution in [0.2, 0.25) is 24.8 Å². The third kappa shape index (κ3) is 5.12. The molecule has 0 radical (unpaired) electrons. The van der Waals surface area contributed by atoms with Crippen LogP contribution in [0.5, 0.6) is 0 Å². The zero-order valence-corrected chi connectivity index (χ0v) is 20.0. The van der Waals surface area contributed by atoms with E-state index in [-0.39, 0.29) is 11.5 Å². The van der Waals surface area contributed by atoms with Crippen LogP contribution >= 0.6 is 11.6 Å². The van der Waals surface area contributed by atoms with E-state index in [0.29, 0.717) is 23.9 Å². The van der Waals surface area contributed by atoms with Crippen LogP contribution in [0.1, 0.15) is 18.2 Å². The summed E-state index contributed by atoms with van der Waals surface area (Å²) in [4.78, 5) is 13.8. The Morgan fingerprint density at radius 2 is 1.97 bits per heavy atom. The van der Waals surface area contributed by atoms with E-state index in [1.165, 1.54) is 13.4 Å². The first-order valence-corrected chi connectivity index (χ1v) is 14.0. The molecule has 6 nitrogen and oxygen atoms in total. The van der Waals surface area contributed by atoms with Crippen molar-refractivity contribution in [2.45, 2.75) is 50.4 Å². The van der Waals surface area contributed by atoms with Crippen molar-refractivity contribution in [1.29, 1.82) is 0 Å². The Balaban J connectivity index is 2.11. The summed E-state index contributed by atoms with van der Waals surface area (Å²) in [6, 6.07) is 3.37. The zero-order valence-electron chi connectivity index (χ0n) is 18.2. The third-order valence-corrected chi connectivity index (χ3v) is 7.70. The highest BCUT2D eigenvalue weighted by Gasteiger charge is 2.52. The molecule has 0 fully saturated rings. The van der Waals surface area contributed by atoms with Crippen LogP contribution in [0.25, 0.3) is 0 Å². The number of rotatable bonds is 7. The Morgan fingerprint density at radius 3 is 2.58 bits per heavy atom. The lowest BCUT2D eigenvalue weighted by Gasteiger charge is -2.43. The predicted octanol–water partition coefficient (Wildman–Crippen LogP) is 4.67. The van der Waals surface area contributed by atoms with Crippen molar-refractivity contribution in [2.24, 2.45) is 0 Å². The Hall–Kier alpha value is -1.91. The number of pyridine rings is 1. The van der Waals surface area contributed by atoms with Gasteiger partial charge in [-0.05, 0) is 18.6 Å². The molecule has 1 aliphatic heterocycles. The highest BCUT2D eigenvalue weighted by Crippen LogP contribution is 2.45. The molecule has 0 aromatic carbocycles. The minimum absolute atomic E-state index is 0.196. The molecular weight excluding hydrogens is 447 g/mol. The van der Waals surface area contributed by atoms with E-state index >= 15 is 0 Å². The van der Waals surface area contributed by atoms with E-state index in [1.807, 2.05) is 6.92 Å². The Labute approximate surface area is 186 Å². The maximum absolute atomic E-state index is 12.9. The van der Waals surface area contributed by atoms with E-state index in [2.05, 4.69) is 39.9 Å². The molecule has 3 rings (SSSR count). The molecule has 1 aliphatic rings. The second-order valence-electron chi connectivity index (χ2n) is 8.87. The Bertz CT molecular complexity index is 940. The molecule has 0 saturated carbocycles. The van der Waals surface area contributed by atoms with E-state index in [4.69, 9.17) is 16.3 Å². The number of alkyl halides is 3. The van der Waals surface area contributed by atoms with Gasteiger partial charge in [0.05, 0.1) is 19.5 Å². The molecular formula is C20H27ClF3N5OSi. The van der Waals surface area contributed by atoms with Crippen molar-refractivity contribution in [3.63, 3.8) is 0 Å². The van der Waals surface area contributed by atoms with Gasteiger partial charge >= 0.3 is 6.18 Å². The Kier molecular flexibility index (Phi) is 6.55. The van der Waals surface area contributed by atoms with Gasteiger partial charge < -0.3 is 15.0 Å². The lowest BCUT2D eigenvalue weighted by atomic mass is 9.91. The Morgan fingerprint density at radius 1 is 1.26 bits per heavy atom. The quantitative estimate of drug-likeness (QED) is 0.465. The third-order valence-electron chi connectivity index (χ3n) is 5.26. The summed E-state index contributed by atoms with van der Waals surface area (Å²) < 4.78 is 45.1. The van der Waals surface area contributed by atoms with Gasteiger partial charge in [-0.25, -0.2) is 15.0 Å². The van der Waals surface area contributed by atoms with Crippen molar-refractivity contribution in [3.8, 4) is 0 Å². The molecule has 2 aromatic rings.